The zero-order valence-electron chi connectivity index (χ0n) is 32.6. The summed E-state index contributed by atoms with van der Waals surface area (Å²) in [4.78, 5) is 37.3. The lowest BCUT2D eigenvalue weighted by molar-refractivity contribution is -0.137. The summed E-state index contributed by atoms with van der Waals surface area (Å²) in [5, 5.41) is 8.58. The van der Waals surface area contributed by atoms with Crippen molar-refractivity contribution in [3.63, 3.8) is 0 Å². The van der Waals surface area contributed by atoms with Gasteiger partial charge in [0, 0.05) is 42.0 Å². The summed E-state index contributed by atoms with van der Waals surface area (Å²) >= 11 is 6.80. The van der Waals surface area contributed by atoms with E-state index in [1.807, 2.05) is 0 Å². The zero-order chi connectivity index (χ0) is 46.4. The van der Waals surface area contributed by atoms with Gasteiger partial charge < -0.3 is 16.4 Å². The van der Waals surface area contributed by atoms with Crippen LogP contribution in [0.25, 0.3) is 27.8 Å². The third-order valence-corrected chi connectivity index (χ3v) is 12.3. The third kappa shape index (κ3) is 8.17. The van der Waals surface area contributed by atoms with Gasteiger partial charge in [-0.3, -0.25) is 18.8 Å². The molecule has 0 aliphatic heterocycles. The highest BCUT2D eigenvalue weighted by molar-refractivity contribution is 7.89. The van der Waals surface area contributed by atoms with E-state index in [1.165, 1.54) is 37.4 Å². The number of anilines is 1. The van der Waals surface area contributed by atoms with Crippen LogP contribution in [0.2, 0.25) is 5.02 Å². The molecule has 0 bridgehead atoms. The molecule has 3 atom stereocenters. The number of halogens is 10. The number of benzene rings is 3. The maximum absolute atomic E-state index is 15.5. The average molecular weight is 958 g/mol. The minimum absolute atomic E-state index is 0.0541. The molecule has 336 valence electrons. The topological polar surface area (TPSA) is 179 Å². The first-order chi connectivity index (χ1) is 30.0. The molecule has 0 saturated heterocycles. The highest BCUT2D eigenvalue weighted by atomic mass is 35.5. The lowest BCUT2D eigenvalue weighted by Gasteiger charge is -2.25. The average Bonchev–Trinajstić information content (AvgIpc) is 3.54. The first-order valence-electron chi connectivity index (χ1n) is 18.6. The summed E-state index contributed by atoms with van der Waals surface area (Å²) in [7, 11) is -2.82. The number of amides is 1. The minimum atomic E-state index is -4.79. The number of sulfonamides is 1. The second-order valence-electron chi connectivity index (χ2n) is 14.9. The number of thiazole rings is 1. The normalized spacial score (nSPS) is 17.4. The van der Waals surface area contributed by atoms with Crippen LogP contribution >= 0.6 is 22.9 Å². The van der Waals surface area contributed by atoms with E-state index in [4.69, 9.17) is 17.3 Å². The number of aromatic nitrogens is 5. The van der Waals surface area contributed by atoms with Gasteiger partial charge in [-0.1, -0.05) is 17.7 Å². The van der Waals surface area contributed by atoms with Crippen LogP contribution in [-0.2, 0) is 39.9 Å². The molecule has 8 rings (SSSR count). The molecule has 3 aromatic heterocycles. The Balaban J connectivity index is 1.35. The van der Waals surface area contributed by atoms with E-state index >= 15 is 8.78 Å². The van der Waals surface area contributed by atoms with Crippen LogP contribution in [0.3, 0.4) is 0 Å². The first-order valence-corrected chi connectivity index (χ1v) is 21.7. The Morgan fingerprint density at radius 3 is 2.42 bits per heavy atom. The number of nitrogens with one attached hydrogen (secondary N) is 2. The summed E-state index contributed by atoms with van der Waals surface area (Å²) in [6, 6.07) is 6.83. The van der Waals surface area contributed by atoms with E-state index in [2.05, 4.69) is 30.1 Å². The molecule has 25 heteroatoms. The molecule has 2 aliphatic carbocycles. The maximum atomic E-state index is 15.5. The van der Waals surface area contributed by atoms with Crippen molar-refractivity contribution >= 4 is 61.3 Å². The van der Waals surface area contributed by atoms with Crippen molar-refractivity contribution < 1.29 is 52.7 Å². The van der Waals surface area contributed by atoms with Crippen LogP contribution < -0.4 is 21.9 Å². The van der Waals surface area contributed by atoms with E-state index in [9.17, 15) is 48.7 Å². The number of carbonyl (C=O) groups is 1. The summed E-state index contributed by atoms with van der Waals surface area (Å²) in [5.74, 6) is -10.2. The van der Waals surface area contributed by atoms with Gasteiger partial charge in [0.25, 0.3) is 27.9 Å². The first kappa shape index (κ1) is 44.6. The monoisotopic (exact) mass is 957 g/mol. The van der Waals surface area contributed by atoms with Crippen LogP contribution in [0.1, 0.15) is 63.7 Å². The van der Waals surface area contributed by atoms with Crippen molar-refractivity contribution in [1.29, 1.82) is 0 Å². The van der Waals surface area contributed by atoms with Gasteiger partial charge in [-0.05, 0) is 54.3 Å². The van der Waals surface area contributed by atoms with E-state index in [1.54, 1.807) is 0 Å². The van der Waals surface area contributed by atoms with Crippen molar-refractivity contribution in [2.24, 2.45) is 16.0 Å². The van der Waals surface area contributed by atoms with Gasteiger partial charge >= 0.3 is 6.18 Å². The van der Waals surface area contributed by atoms with Crippen LogP contribution in [0.5, 0.6) is 0 Å². The predicted octanol–water partition coefficient (Wildman–Crippen LogP) is 7.61. The smallest absolute Gasteiger partial charge is 0.386 e. The van der Waals surface area contributed by atoms with Crippen molar-refractivity contribution in [3.05, 3.63) is 120 Å². The fourth-order valence-corrected chi connectivity index (χ4v) is 9.37. The molecule has 0 radical (unpaired) electrons. The number of nitrogens with two attached hydrogens (primary N) is 1. The van der Waals surface area contributed by atoms with Crippen LogP contribution in [0.15, 0.2) is 63.1 Å². The Labute approximate surface area is 363 Å². The van der Waals surface area contributed by atoms with E-state index in [-0.39, 0.29) is 61.7 Å². The predicted molar refractivity (Wildman–Crippen MR) is 216 cm³/mol. The summed E-state index contributed by atoms with van der Waals surface area (Å²) in [6.07, 6.45) is -7.97. The lowest BCUT2D eigenvalue weighted by atomic mass is 10.0. The molecular formula is C39H29ClF9N9O4S2. The SMILES string of the molecule is CNc1c(-n2c([C@H](Cc3cc(F)cc(F)c3)NC(=O)Cn3nc(C(F)F)c4c3C(F)(F)[C@@H]3C[C@H]43)nc3cc(-c4csc(C(F)(F)F)n4)ccc3c2=O)ccc(Cl)c1/C(N)=N/S(C)(=O)=O. The van der Waals surface area contributed by atoms with E-state index in [0.717, 1.165) is 28.3 Å². The molecule has 0 unspecified atom stereocenters. The number of rotatable bonds is 12. The number of hydrogen-bond donors (Lipinski definition) is 3. The second-order valence-corrected chi connectivity index (χ2v) is 17.8. The molecule has 4 N–H and O–H groups in total. The van der Waals surface area contributed by atoms with Crippen molar-refractivity contribution in [2.75, 3.05) is 18.6 Å². The zero-order valence-corrected chi connectivity index (χ0v) is 35.0. The highest BCUT2D eigenvalue weighted by Crippen LogP contribution is 2.68. The van der Waals surface area contributed by atoms with Crippen LogP contribution in [0, 0.1) is 17.6 Å². The molecule has 13 nitrogen and oxygen atoms in total. The molecular weight excluding hydrogens is 929 g/mol. The summed E-state index contributed by atoms with van der Waals surface area (Å²) in [6.45, 7) is -1.09. The number of amidine groups is 1. The number of carbonyl (C=O) groups excluding carboxylic acids is 1. The second kappa shape index (κ2) is 15.9. The largest absolute Gasteiger partial charge is 0.443 e. The summed E-state index contributed by atoms with van der Waals surface area (Å²) < 4.78 is 158. The Kier molecular flexibility index (Phi) is 11.1. The molecule has 1 amide bonds. The lowest BCUT2D eigenvalue weighted by Crippen LogP contribution is -2.38. The standard InChI is InChI=1S/C39H29ClF9N9O4S2/c1-51-30-26(6-5-22(40)29(30)34(50)56-64(2,61)62)58-35(53-23-10-16(3-4-19(23)36(58)60)25-14-63-37(54-25)39(47,48)49)24(9-15-7-17(41)11-18(42)8-15)52-27(59)13-57-32-28(31(55-57)33(43)44)20-12-21(20)38(32,45)46/h3-8,10-11,14,20-21,24,33,51H,9,12-13H2,1-2H3,(H2,50,56)(H,52,59)/t20-,21+,24-/m0/s1. The van der Waals surface area contributed by atoms with Gasteiger partial charge in [0.2, 0.25) is 5.91 Å². The van der Waals surface area contributed by atoms with E-state index < -0.39 is 111 Å². The third-order valence-electron chi connectivity index (χ3n) is 10.6. The fourth-order valence-electron chi connectivity index (χ4n) is 7.97. The maximum Gasteiger partial charge on any atom is 0.443 e. The number of nitrogens with zero attached hydrogens (tertiary/aromatic N) is 6. The van der Waals surface area contributed by atoms with Gasteiger partial charge in [0.15, 0.2) is 5.01 Å². The van der Waals surface area contributed by atoms with E-state index in [0.29, 0.717) is 22.1 Å². The molecule has 64 heavy (non-hydrogen) atoms. The molecule has 1 saturated carbocycles. The quantitative estimate of drug-likeness (QED) is 0.0633. The molecule has 1 fully saturated rings. The molecule has 3 aromatic carbocycles. The Hall–Kier alpha value is -6.01. The minimum Gasteiger partial charge on any atom is -0.386 e. The fraction of sp³-hybridized carbons (Fsp3) is 0.282. The molecule has 0 spiro atoms. The molecule has 2 aliphatic rings. The van der Waals surface area contributed by atoms with Crippen molar-refractivity contribution in [1.82, 2.24) is 29.6 Å². The van der Waals surface area contributed by atoms with Gasteiger partial charge in [-0.15, -0.1) is 15.7 Å². The highest BCUT2D eigenvalue weighted by Gasteiger charge is 2.67. The van der Waals surface area contributed by atoms with Crippen LogP contribution in [0.4, 0.5) is 45.2 Å². The van der Waals surface area contributed by atoms with Gasteiger partial charge in [-0.25, -0.2) is 35.9 Å². The van der Waals surface area contributed by atoms with Crippen LogP contribution in [-0.4, -0.2) is 57.8 Å². The number of alkyl halides is 7. The molecule has 6 aromatic rings. The van der Waals surface area contributed by atoms with Gasteiger partial charge in [-0.2, -0.15) is 27.1 Å². The van der Waals surface area contributed by atoms with Gasteiger partial charge in [0.05, 0.1) is 50.9 Å². The number of hydrogen-bond acceptors (Lipinski definition) is 9. The molecule has 3 heterocycles. The van der Waals surface area contributed by atoms with Gasteiger partial charge in [0.1, 0.15) is 41.2 Å². The number of fused-ring (bicyclic) bond motifs is 4. The Bertz CT molecular complexity index is 3100. The Morgan fingerprint density at radius 1 is 1.09 bits per heavy atom. The van der Waals surface area contributed by atoms with Crippen molar-refractivity contribution in [3.8, 4) is 16.9 Å². The summed E-state index contributed by atoms with van der Waals surface area (Å²) in [5.41, 5.74) is 2.01. The van der Waals surface area contributed by atoms with Crippen molar-refractivity contribution in [2.45, 2.75) is 49.9 Å². The Morgan fingerprint density at radius 2 is 1.80 bits per heavy atom.